The lowest BCUT2D eigenvalue weighted by Crippen LogP contribution is -2.58. The normalized spacial score (nSPS) is 12.8. The lowest BCUT2D eigenvalue weighted by Gasteiger charge is -2.26. The number of nitrogens with two attached hydrogens (primary N) is 3. The van der Waals surface area contributed by atoms with Crippen LogP contribution in [0.25, 0.3) is 10.4 Å². The van der Waals surface area contributed by atoms with Crippen molar-refractivity contribution in [2.45, 2.75) is 76.0 Å². The smallest absolute Gasteiger partial charge is 0.251 e. The number of aliphatic imine (C=N–C) groups is 1. The van der Waals surface area contributed by atoms with Crippen molar-refractivity contribution < 1.29 is 24.0 Å². The minimum Gasteiger partial charge on any atom is -0.370 e. The molecule has 0 fully saturated rings. The van der Waals surface area contributed by atoms with Crippen LogP contribution >= 0.6 is 0 Å². The van der Waals surface area contributed by atoms with Gasteiger partial charge in [-0.15, -0.1) is 0 Å². The molecule has 3 aromatic rings. The number of carbonyl (C=O) groups is 5. The Balaban J connectivity index is 1.83. The van der Waals surface area contributed by atoms with Crippen molar-refractivity contribution in [2.24, 2.45) is 27.3 Å². The number of carbonyl (C=O) groups excluding carboxylic acids is 5. The van der Waals surface area contributed by atoms with Crippen molar-refractivity contribution in [3.63, 3.8) is 0 Å². The molecule has 3 rings (SSSR count). The van der Waals surface area contributed by atoms with E-state index in [0.29, 0.717) is 24.9 Å². The van der Waals surface area contributed by atoms with Crippen LogP contribution in [0, 0.1) is 0 Å². The fourth-order valence-corrected chi connectivity index (χ4v) is 5.37. The molecule has 53 heavy (non-hydrogen) atoms. The van der Waals surface area contributed by atoms with Gasteiger partial charge in [-0.3, -0.25) is 29.0 Å². The Bertz CT molecular complexity index is 1740. The standard InChI is InChI=1S/C37H47N11O5/c1-2-3-15-28(44-36(53)31(23-25-13-8-5-9-14-25)46-33(50)26-17-19-27(20-18-26)47-48-41)34(51)43-29(16-10-21-42-37(39)40)35(52)45-30(32(38)49)22-24-11-6-4-7-12-24/h4-9,11-14,17-20,28-31H,2-3,10,15-16,21-23H2,1H3,(H2,38,49)(H,43,51)(H,44,53)(H,45,52)(H,46,50)(H4,39,40,42)/t28-,29-,30-,31-/m0/s1. The third-order valence-electron chi connectivity index (χ3n) is 8.19. The van der Waals surface area contributed by atoms with Crippen molar-refractivity contribution in [1.82, 2.24) is 21.3 Å². The van der Waals surface area contributed by atoms with Gasteiger partial charge in [0.2, 0.25) is 23.6 Å². The van der Waals surface area contributed by atoms with E-state index in [9.17, 15) is 24.0 Å². The molecule has 0 bridgehead atoms. The van der Waals surface area contributed by atoms with Crippen LogP contribution in [-0.4, -0.2) is 66.2 Å². The molecular formula is C37H47N11O5. The molecule has 0 spiro atoms. The summed E-state index contributed by atoms with van der Waals surface area (Å²) in [6.45, 7) is 2.11. The average molecular weight is 726 g/mol. The summed E-state index contributed by atoms with van der Waals surface area (Å²) in [5.41, 5.74) is 27.3. The van der Waals surface area contributed by atoms with Gasteiger partial charge in [0.25, 0.3) is 5.91 Å². The number of guanidine groups is 1. The molecule has 4 atom stereocenters. The van der Waals surface area contributed by atoms with Gasteiger partial charge in [0.15, 0.2) is 5.96 Å². The van der Waals surface area contributed by atoms with Gasteiger partial charge >= 0.3 is 0 Å². The number of primary amides is 1. The summed E-state index contributed by atoms with van der Waals surface area (Å²) in [5.74, 6) is -3.33. The lowest BCUT2D eigenvalue weighted by molar-refractivity contribution is -0.133. The van der Waals surface area contributed by atoms with E-state index >= 15 is 0 Å². The van der Waals surface area contributed by atoms with E-state index in [-0.39, 0.29) is 43.8 Å². The fourth-order valence-electron chi connectivity index (χ4n) is 5.37. The number of nitrogens with one attached hydrogen (secondary N) is 4. The van der Waals surface area contributed by atoms with E-state index in [4.69, 9.17) is 22.7 Å². The topological polar surface area (TPSA) is 273 Å². The van der Waals surface area contributed by atoms with Crippen LogP contribution in [0.15, 0.2) is 95.0 Å². The van der Waals surface area contributed by atoms with Crippen molar-refractivity contribution in [1.29, 1.82) is 0 Å². The molecule has 0 radical (unpaired) electrons. The summed E-state index contributed by atoms with van der Waals surface area (Å²) in [6.07, 6.45) is 2.16. The van der Waals surface area contributed by atoms with Gasteiger partial charge in [0.05, 0.1) is 0 Å². The highest BCUT2D eigenvalue weighted by Gasteiger charge is 2.31. The molecule has 0 saturated carbocycles. The Hall–Kier alpha value is -6.41. The molecule has 0 unspecified atom stereocenters. The largest absolute Gasteiger partial charge is 0.370 e. The number of unbranched alkanes of at least 4 members (excludes halogenated alkanes) is 1. The number of nitrogens with zero attached hydrogens (tertiary/aromatic N) is 4. The van der Waals surface area contributed by atoms with Gasteiger partial charge < -0.3 is 38.5 Å². The molecule has 0 aromatic heterocycles. The number of benzene rings is 3. The molecule has 280 valence electrons. The zero-order valence-electron chi connectivity index (χ0n) is 29.6. The summed E-state index contributed by atoms with van der Waals surface area (Å²) in [7, 11) is 0. The predicted octanol–water partition coefficient (Wildman–Crippen LogP) is 2.40. The molecule has 16 heteroatoms. The van der Waals surface area contributed by atoms with Gasteiger partial charge in [0, 0.05) is 35.5 Å². The average Bonchev–Trinajstić information content (AvgIpc) is 3.14. The maximum atomic E-state index is 13.9. The molecule has 5 amide bonds. The second kappa shape index (κ2) is 21.7. The third-order valence-corrected chi connectivity index (χ3v) is 8.19. The van der Waals surface area contributed by atoms with Crippen LogP contribution in [0.1, 0.15) is 60.5 Å². The lowest BCUT2D eigenvalue weighted by atomic mass is 10.0. The van der Waals surface area contributed by atoms with Crippen molar-refractivity contribution in [2.75, 3.05) is 6.54 Å². The van der Waals surface area contributed by atoms with Crippen LogP contribution in [0.3, 0.4) is 0 Å². The molecule has 3 aromatic carbocycles. The number of azide groups is 1. The predicted molar refractivity (Wildman–Crippen MR) is 201 cm³/mol. The SMILES string of the molecule is CCCC[C@H](NC(=O)[C@H](Cc1ccccc1)NC(=O)c1ccc(N=[N+]=[N-])cc1)C(=O)N[C@@H](CCCN=C(N)N)C(=O)N[C@@H](Cc1ccccc1)C(N)=O. The maximum absolute atomic E-state index is 13.9. The van der Waals surface area contributed by atoms with Gasteiger partial charge in [-0.2, -0.15) is 0 Å². The highest BCUT2D eigenvalue weighted by Crippen LogP contribution is 2.14. The van der Waals surface area contributed by atoms with Gasteiger partial charge in [-0.25, -0.2) is 0 Å². The highest BCUT2D eigenvalue weighted by molar-refractivity contribution is 5.99. The summed E-state index contributed by atoms with van der Waals surface area (Å²) in [6, 6.07) is 19.6. The number of hydrogen-bond acceptors (Lipinski definition) is 7. The first-order valence-corrected chi connectivity index (χ1v) is 17.3. The van der Waals surface area contributed by atoms with Crippen LogP contribution in [0.4, 0.5) is 5.69 Å². The quantitative estimate of drug-likeness (QED) is 0.0215. The molecule has 0 aliphatic rings. The number of rotatable bonds is 21. The molecular weight excluding hydrogens is 678 g/mol. The Labute approximate surface area is 308 Å². The van der Waals surface area contributed by atoms with E-state index in [1.54, 1.807) is 36.4 Å². The second-order valence-corrected chi connectivity index (χ2v) is 12.3. The Kier molecular flexibility index (Phi) is 16.8. The van der Waals surface area contributed by atoms with E-state index < -0.39 is 53.7 Å². The van der Waals surface area contributed by atoms with E-state index in [1.807, 2.05) is 31.2 Å². The fraction of sp³-hybridized carbons (Fsp3) is 0.351. The first-order valence-electron chi connectivity index (χ1n) is 17.3. The van der Waals surface area contributed by atoms with E-state index in [1.165, 1.54) is 24.3 Å². The van der Waals surface area contributed by atoms with E-state index in [2.05, 4.69) is 36.3 Å². The zero-order chi connectivity index (χ0) is 38.6. The Morgan fingerprint density at radius 1 is 0.660 bits per heavy atom. The minimum atomic E-state index is -1.14. The highest BCUT2D eigenvalue weighted by atomic mass is 16.2. The molecule has 0 heterocycles. The van der Waals surface area contributed by atoms with Gasteiger partial charge in [0.1, 0.15) is 24.2 Å². The first kappa shape index (κ1) is 41.0. The van der Waals surface area contributed by atoms with Crippen LogP contribution in [-0.2, 0) is 32.0 Å². The monoisotopic (exact) mass is 725 g/mol. The van der Waals surface area contributed by atoms with Crippen molar-refractivity contribution in [3.05, 3.63) is 112 Å². The number of hydrogen-bond donors (Lipinski definition) is 7. The zero-order valence-corrected chi connectivity index (χ0v) is 29.6. The Morgan fingerprint density at radius 2 is 1.15 bits per heavy atom. The molecule has 0 saturated heterocycles. The second-order valence-electron chi connectivity index (χ2n) is 12.3. The summed E-state index contributed by atoms with van der Waals surface area (Å²) >= 11 is 0. The summed E-state index contributed by atoms with van der Waals surface area (Å²) in [5, 5.41) is 14.5. The first-order chi connectivity index (χ1) is 25.5. The van der Waals surface area contributed by atoms with E-state index in [0.717, 1.165) is 11.1 Å². The van der Waals surface area contributed by atoms with Crippen molar-refractivity contribution >= 4 is 41.2 Å². The molecule has 10 N–H and O–H groups in total. The van der Waals surface area contributed by atoms with Crippen LogP contribution < -0.4 is 38.5 Å². The maximum Gasteiger partial charge on any atom is 0.251 e. The van der Waals surface area contributed by atoms with Crippen molar-refractivity contribution in [3.8, 4) is 0 Å². The summed E-state index contributed by atoms with van der Waals surface area (Å²) < 4.78 is 0. The van der Waals surface area contributed by atoms with Crippen LogP contribution in [0.5, 0.6) is 0 Å². The summed E-state index contributed by atoms with van der Waals surface area (Å²) in [4.78, 5) is 73.7. The van der Waals surface area contributed by atoms with Crippen LogP contribution in [0.2, 0.25) is 0 Å². The Morgan fingerprint density at radius 3 is 1.64 bits per heavy atom. The molecule has 16 nitrogen and oxygen atoms in total. The molecule has 0 aliphatic heterocycles. The van der Waals surface area contributed by atoms with Gasteiger partial charge in [-0.1, -0.05) is 97.7 Å². The van der Waals surface area contributed by atoms with Gasteiger partial charge in [-0.05, 0) is 48.1 Å². The minimum absolute atomic E-state index is 0.102. The third kappa shape index (κ3) is 14.4. The molecule has 0 aliphatic carbocycles. The number of amides is 5.